The number of nitrogens with one attached hydrogen (secondary N) is 1. The zero-order valence-corrected chi connectivity index (χ0v) is 18.2. The Bertz CT molecular complexity index is 1110. The highest BCUT2D eigenvalue weighted by molar-refractivity contribution is 6.30. The van der Waals surface area contributed by atoms with Crippen LogP contribution >= 0.6 is 11.6 Å². The Morgan fingerprint density at radius 1 is 1.06 bits per heavy atom. The van der Waals surface area contributed by atoms with Crippen molar-refractivity contribution in [3.05, 3.63) is 65.0 Å². The van der Waals surface area contributed by atoms with Gasteiger partial charge in [-0.05, 0) is 54.8 Å². The minimum atomic E-state index is -0.215. The maximum absolute atomic E-state index is 12.7. The van der Waals surface area contributed by atoms with E-state index >= 15 is 0 Å². The van der Waals surface area contributed by atoms with Crippen molar-refractivity contribution in [2.45, 2.75) is 24.7 Å². The molecule has 0 unspecified atom stereocenters. The fourth-order valence-corrected chi connectivity index (χ4v) is 4.29. The third-order valence-electron chi connectivity index (χ3n) is 6.04. The topological polar surface area (TPSA) is 82.8 Å². The summed E-state index contributed by atoms with van der Waals surface area (Å²) in [6.45, 7) is 2.05. The number of amides is 1. The van der Waals surface area contributed by atoms with Crippen LogP contribution in [-0.4, -0.2) is 37.4 Å². The lowest BCUT2D eigenvalue weighted by molar-refractivity contribution is -0.121. The van der Waals surface area contributed by atoms with Gasteiger partial charge in [-0.1, -0.05) is 17.7 Å². The van der Waals surface area contributed by atoms with Crippen molar-refractivity contribution in [2.24, 2.45) is 0 Å². The van der Waals surface area contributed by atoms with E-state index < -0.39 is 0 Å². The van der Waals surface area contributed by atoms with Crippen molar-refractivity contribution < 1.29 is 23.4 Å². The molecular weight excluding hydrogens is 432 g/mol. The molecule has 0 bridgehead atoms. The summed E-state index contributed by atoms with van der Waals surface area (Å²) in [5.74, 6) is 1.86. The van der Waals surface area contributed by atoms with Gasteiger partial charge >= 0.3 is 0 Å². The van der Waals surface area contributed by atoms with Crippen molar-refractivity contribution in [1.29, 1.82) is 0 Å². The highest BCUT2D eigenvalue weighted by Gasteiger charge is 2.36. The van der Waals surface area contributed by atoms with Crippen LogP contribution in [0.5, 0.6) is 11.5 Å². The van der Waals surface area contributed by atoms with E-state index in [9.17, 15) is 4.79 Å². The molecule has 0 radical (unpaired) electrons. The van der Waals surface area contributed by atoms with E-state index in [2.05, 4.69) is 16.4 Å². The van der Waals surface area contributed by atoms with Gasteiger partial charge in [-0.25, -0.2) is 4.98 Å². The lowest BCUT2D eigenvalue weighted by Gasteiger charge is -2.38. The van der Waals surface area contributed by atoms with Crippen LogP contribution in [0.15, 0.2) is 53.1 Å². The van der Waals surface area contributed by atoms with Crippen LogP contribution in [-0.2, 0) is 21.4 Å². The Kier molecular flexibility index (Phi) is 5.76. The number of carbonyl (C=O) groups excluding carboxylic acids is 1. The standard InChI is InChI=1S/C24H23ClN2O5/c25-18-4-1-16(2-5-18)23-27-19(13-30-23)12-22(28)26-14-24(7-9-29-10-8-24)17-3-6-20-21(11-17)32-15-31-20/h1-6,11,13H,7-10,12,14-15H2,(H,26,28). The Balaban J connectivity index is 1.26. The number of ether oxygens (including phenoxy) is 3. The number of aromatic nitrogens is 1. The molecule has 32 heavy (non-hydrogen) atoms. The summed E-state index contributed by atoms with van der Waals surface area (Å²) in [5.41, 5.74) is 2.30. The predicted octanol–water partition coefficient (Wildman–Crippen LogP) is 4.13. The largest absolute Gasteiger partial charge is 0.454 e. The molecule has 2 aliphatic heterocycles. The Morgan fingerprint density at radius 2 is 1.84 bits per heavy atom. The molecule has 2 aliphatic rings. The van der Waals surface area contributed by atoms with E-state index in [4.69, 9.17) is 30.2 Å². The van der Waals surface area contributed by atoms with E-state index in [0.29, 0.717) is 36.4 Å². The number of nitrogens with zero attached hydrogens (tertiary/aromatic N) is 1. The van der Waals surface area contributed by atoms with E-state index in [1.165, 1.54) is 6.26 Å². The average Bonchev–Trinajstić information content (AvgIpc) is 3.48. The summed E-state index contributed by atoms with van der Waals surface area (Å²) in [4.78, 5) is 17.2. The van der Waals surface area contributed by atoms with Gasteiger partial charge in [0, 0.05) is 35.8 Å². The second-order valence-corrected chi connectivity index (χ2v) is 8.50. The monoisotopic (exact) mass is 454 g/mol. The number of hydrogen-bond donors (Lipinski definition) is 1. The molecule has 1 fully saturated rings. The highest BCUT2D eigenvalue weighted by Crippen LogP contribution is 2.40. The van der Waals surface area contributed by atoms with Gasteiger partial charge in [0.05, 0.1) is 12.1 Å². The summed E-state index contributed by atoms with van der Waals surface area (Å²) in [6.07, 6.45) is 3.30. The minimum absolute atomic E-state index is 0.104. The van der Waals surface area contributed by atoms with Crippen LogP contribution in [0.2, 0.25) is 5.02 Å². The second-order valence-electron chi connectivity index (χ2n) is 8.07. The molecule has 3 heterocycles. The summed E-state index contributed by atoms with van der Waals surface area (Å²) in [6, 6.07) is 13.2. The number of benzene rings is 2. The number of halogens is 1. The number of rotatable bonds is 6. The second kappa shape index (κ2) is 8.84. The molecule has 166 valence electrons. The predicted molar refractivity (Wildman–Crippen MR) is 118 cm³/mol. The molecule has 2 aromatic carbocycles. The number of oxazole rings is 1. The molecule has 1 amide bonds. The molecular formula is C24H23ClN2O5. The molecule has 0 atom stereocenters. The van der Waals surface area contributed by atoms with Crippen molar-refractivity contribution in [1.82, 2.24) is 10.3 Å². The van der Waals surface area contributed by atoms with Crippen LogP contribution in [0, 0.1) is 0 Å². The van der Waals surface area contributed by atoms with Gasteiger partial charge in [-0.2, -0.15) is 0 Å². The van der Waals surface area contributed by atoms with Crippen molar-refractivity contribution in [3.63, 3.8) is 0 Å². The normalized spacial score (nSPS) is 16.7. The number of carbonyl (C=O) groups is 1. The van der Waals surface area contributed by atoms with Gasteiger partial charge in [0.2, 0.25) is 18.6 Å². The van der Waals surface area contributed by atoms with Crippen LogP contribution in [0.25, 0.3) is 11.5 Å². The fraction of sp³-hybridized carbons (Fsp3) is 0.333. The molecule has 3 aromatic rings. The Morgan fingerprint density at radius 3 is 2.66 bits per heavy atom. The van der Waals surface area contributed by atoms with Gasteiger partial charge in [0.1, 0.15) is 6.26 Å². The van der Waals surface area contributed by atoms with Gasteiger partial charge in [0.15, 0.2) is 11.5 Å². The number of hydrogen-bond acceptors (Lipinski definition) is 6. The first kappa shape index (κ1) is 20.8. The molecule has 7 nitrogen and oxygen atoms in total. The van der Waals surface area contributed by atoms with Crippen molar-refractivity contribution >= 4 is 17.5 Å². The first-order valence-electron chi connectivity index (χ1n) is 10.6. The third-order valence-corrected chi connectivity index (χ3v) is 6.30. The molecule has 0 spiro atoms. The minimum Gasteiger partial charge on any atom is -0.454 e. The molecule has 1 N–H and O–H groups in total. The van der Waals surface area contributed by atoms with Crippen molar-refractivity contribution in [3.8, 4) is 23.0 Å². The van der Waals surface area contributed by atoms with Gasteiger partial charge < -0.3 is 23.9 Å². The van der Waals surface area contributed by atoms with Crippen LogP contribution < -0.4 is 14.8 Å². The van der Waals surface area contributed by atoms with Gasteiger partial charge in [0.25, 0.3) is 0 Å². The Hall–Kier alpha value is -3.03. The van der Waals surface area contributed by atoms with Gasteiger partial charge in [-0.15, -0.1) is 0 Å². The van der Waals surface area contributed by atoms with Crippen LogP contribution in [0.4, 0.5) is 0 Å². The van der Waals surface area contributed by atoms with E-state index in [-0.39, 0.29) is 24.5 Å². The molecule has 0 saturated carbocycles. The SMILES string of the molecule is O=C(Cc1coc(-c2ccc(Cl)cc2)n1)NCC1(c2ccc3c(c2)OCO3)CCOCC1. The van der Waals surface area contributed by atoms with E-state index in [1.54, 1.807) is 12.1 Å². The maximum atomic E-state index is 12.7. The van der Waals surface area contributed by atoms with E-state index in [1.807, 2.05) is 24.3 Å². The maximum Gasteiger partial charge on any atom is 0.231 e. The first-order chi connectivity index (χ1) is 15.6. The zero-order chi connectivity index (χ0) is 22.0. The first-order valence-corrected chi connectivity index (χ1v) is 10.9. The zero-order valence-electron chi connectivity index (χ0n) is 17.4. The lowest BCUT2D eigenvalue weighted by Crippen LogP contribution is -2.45. The van der Waals surface area contributed by atoms with Crippen molar-refractivity contribution in [2.75, 3.05) is 26.6 Å². The van der Waals surface area contributed by atoms with Crippen LogP contribution in [0.3, 0.4) is 0 Å². The molecule has 1 saturated heterocycles. The summed E-state index contributed by atoms with van der Waals surface area (Å²) >= 11 is 5.93. The lowest BCUT2D eigenvalue weighted by atomic mass is 9.74. The van der Waals surface area contributed by atoms with Crippen LogP contribution in [0.1, 0.15) is 24.1 Å². The summed E-state index contributed by atoms with van der Waals surface area (Å²) < 4.78 is 22.1. The molecule has 8 heteroatoms. The molecule has 0 aliphatic carbocycles. The average molecular weight is 455 g/mol. The quantitative estimate of drug-likeness (QED) is 0.603. The number of fused-ring (bicyclic) bond motifs is 1. The van der Waals surface area contributed by atoms with E-state index in [0.717, 1.165) is 35.5 Å². The smallest absolute Gasteiger partial charge is 0.231 e. The summed E-state index contributed by atoms with van der Waals surface area (Å²) in [7, 11) is 0. The highest BCUT2D eigenvalue weighted by atomic mass is 35.5. The van der Waals surface area contributed by atoms with Gasteiger partial charge in [-0.3, -0.25) is 4.79 Å². The third kappa shape index (κ3) is 4.31. The molecule has 1 aromatic heterocycles. The fourth-order valence-electron chi connectivity index (χ4n) is 4.16. The Labute approximate surface area is 190 Å². The molecule has 5 rings (SSSR count). The summed E-state index contributed by atoms with van der Waals surface area (Å²) in [5, 5.41) is 3.74.